The number of anilines is 1. The van der Waals surface area contributed by atoms with E-state index in [4.69, 9.17) is 14.0 Å². The van der Waals surface area contributed by atoms with Crippen molar-refractivity contribution in [3.8, 4) is 11.5 Å². The first kappa shape index (κ1) is 20.1. The van der Waals surface area contributed by atoms with Crippen molar-refractivity contribution >= 4 is 29.4 Å². The van der Waals surface area contributed by atoms with E-state index in [2.05, 4.69) is 10.5 Å². The van der Waals surface area contributed by atoms with Crippen LogP contribution in [0.1, 0.15) is 18.2 Å². The van der Waals surface area contributed by atoms with Gasteiger partial charge in [-0.3, -0.25) is 9.59 Å². The average Bonchev–Trinajstić information content (AvgIpc) is 3.10. The molecule has 1 N–H and O–H groups in total. The minimum Gasteiger partial charge on any atom is -0.486 e. The lowest BCUT2D eigenvalue weighted by atomic mass is 10.2. The van der Waals surface area contributed by atoms with E-state index >= 15 is 0 Å². The number of aryl methyl sites for hydroxylation is 1. The monoisotopic (exact) mass is 405 g/mol. The Morgan fingerprint density at radius 3 is 2.71 bits per heavy atom. The Kier molecular flexibility index (Phi) is 6.45. The second-order valence-corrected chi connectivity index (χ2v) is 7.82. The van der Waals surface area contributed by atoms with E-state index in [1.165, 1.54) is 11.8 Å². The molecular formula is C19H23N3O5S. The number of fused-ring (bicyclic) bond motifs is 1. The molecule has 0 bridgehead atoms. The summed E-state index contributed by atoms with van der Waals surface area (Å²) in [6, 6.07) is 7.30. The predicted molar refractivity (Wildman–Crippen MR) is 106 cm³/mol. The van der Waals surface area contributed by atoms with Crippen molar-refractivity contribution in [2.75, 3.05) is 31.3 Å². The standard InChI is InChI=1S/C19H23N3O5S/c1-12-8-17(21-27-12)20-19(24)13(2)28-11-18(23)22(3)10-14-4-5-15-16(9-14)26-7-6-25-15/h4-5,8-9,13H,6-7,10-11H2,1-3H3,(H,20,21,24)/t13-/m0/s1. The lowest BCUT2D eigenvalue weighted by Crippen LogP contribution is -2.30. The van der Waals surface area contributed by atoms with Gasteiger partial charge in [0.05, 0.1) is 11.0 Å². The van der Waals surface area contributed by atoms with Crippen molar-refractivity contribution in [1.29, 1.82) is 0 Å². The number of nitrogens with one attached hydrogen (secondary N) is 1. The predicted octanol–water partition coefficient (Wildman–Crippen LogP) is 2.47. The molecule has 0 fully saturated rings. The summed E-state index contributed by atoms with van der Waals surface area (Å²) in [5, 5.41) is 6.00. The number of aromatic nitrogens is 1. The largest absolute Gasteiger partial charge is 0.486 e. The van der Waals surface area contributed by atoms with Crippen LogP contribution in [-0.4, -0.2) is 53.1 Å². The molecule has 150 valence electrons. The van der Waals surface area contributed by atoms with Gasteiger partial charge in [-0.25, -0.2) is 0 Å². The van der Waals surface area contributed by atoms with Crippen molar-refractivity contribution < 1.29 is 23.6 Å². The summed E-state index contributed by atoms with van der Waals surface area (Å²) in [6.07, 6.45) is 0. The van der Waals surface area contributed by atoms with Crippen molar-refractivity contribution in [2.24, 2.45) is 0 Å². The minimum absolute atomic E-state index is 0.0585. The topological polar surface area (TPSA) is 93.9 Å². The van der Waals surface area contributed by atoms with Crippen LogP contribution in [0.15, 0.2) is 28.8 Å². The zero-order chi connectivity index (χ0) is 20.1. The Morgan fingerprint density at radius 2 is 2.00 bits per heavy atom. The molecular weight excluding hydrogens is 382 g/mol. The zero-order valence-electron chi connectivity index (χ0n) is 16.1. The third-order valence-corrected chi connectivity index (χ3v) is 5.29. The SMILES string of the molecule is Cc1cc(NC(=O)[C@H](C)SCC(=O)N(C)Cc2ccc3c(c2)OCCO3)no1. The number of thioether (sulfide) groups is 1. The highest BCUT2D eigenvalue weighted by atomic mass is 32.2. The molecule has 8 nitrogen and oxygen atoms in total. The van der Waals surface area contributed by atoms with E-state index in [0.29, 0.717) is 37.1 Å². The highest BCUT2D eigenvalue weighted by Gasteiger charge is 2.19. The van der Waals surface area contributed by atoms with Crippen LogP contribution in [0.2, 0.25) is 0 Å². The first-order chi connectivity index (χ1) is 13.4. The number of benzene rings is 1. The van der Waals surface area contributed by atoms with Gasteiger partial charge in [-0.15, -0.1) is 11.8 Å². The molecule has 1 aromatic heterocycles. The number of ether oxygens (including phenoxy) is 2. The van der Waals surface area contributed by atoms with Gasteiger partial charge in [0.15, 0.2) is 17.3 Å². The van der Waals surface area contributed by atoms with Gasteiger partial charge in [0.25, 0.3) is 0 Å². The number of hydrogen-bond donors (Lipinski definition) is 1. The van der Waals surface area contributed by atoms with Gasteiger partial charge in [-0.05, 0) is 31.5 Å². The molecule has 0 unspecified atom stereocenters. The molecule has 0 aliphatic carbocycles. The van der Waals surface area contributed by atoms with Crippen LogP contribution in [0, 0.1) is 6.92 Å². The summed E-state index contributed by atoms with van der Waals surface area (Å²) in [7, 11) is 1.74. The van der Waals surface area contributed by atoms with Crippen molar-refractivity contribution in [3.05, 3.63) is 35.6 Å². The fourth-order valence-corrected chi connectivity index (χ4v) is 3.41. The fourth-order valence-electron chi connectivity index (χ4n) is 2.58. The molecule has 0 saturated heterocycles. The molecule has 28 heavy (non-hydrogen) atoms. The summed E-state index contributed by atoms with van der Waals surface area (Å²) in [5.41, 5.74) is 0.956. The van der Waals surface area contributed by atoms with E-state index in [1.54, 1.807) is 31.9 Å². The molecule has 0 saturated carbocycles. The second kappa shape index (κ2) is 9.01. The molecule has 2 heterocycles. The Bertz CT molecular complexity index is 854. The van der Waals surface area contributed by atoms with Gasteiger partial charge < -0.3 is 24.2 Å². The molecule has 2 aromatic rings. The fraction of sp³-hybridized carbons (Fsp3) is 0.421. The Balaban J connectivity index is 1.46. The Labute approximate surface area is 167 Å². The first-order valence-corrected chi connectivity index (χ1v) is 9.95. The van der Waals surface area contributed by atoms with E-state index in [-0.39, 0.29) is 17.6 Å². The van der Waals surface area contributed by atoms with Crippen molar-refractivity contribution in [3.63, 3.8) is 0 Å². The number of nitrogens with zero attached hydrogens (tertiary/aromatic N) is 2. The maximum Gasteiger partial charge on any atom is 0.238 e. The maximum absolute atomic E-state index is 12.4. The number of hydrogen-bond acceptors (Lipinski definition) is 7. The normalized spacial score (nSPS) is 13.7. The number of carbonyl (C=O) groups is 2. The highest BCUT2D eigenvalue weighted by molar-refractivity contribution is 8.01. The summed E-state index contributed by atoms with van der Waals surface area (Å²) < 4.78 is 16.0. The van der Waals surface area contributed by atoms with Gasteiger partial charge in [0, 0.05) is 19.7 Å². The maximum atomic E-state index is 12.4. The van der Waals surface area contributed by atoms with Gasteiger partial charge in [-0.1, -0.05) is 11.2 Å². The van der Waals surface area contributed by atoms with Gasteiger partial charge in [0.2, 0.25) is 11.8 Å². The van der Waals surface area contributed by atoms with Gasteiger partial charge in [0.1, 0.15) is 19.0 Å². The molecule has 0 radical (unpaired) electrons. The van der Waals surface area contributed by atoms with E-state index in [1.807, 2.05) is 18.2 Å². The first-order valence-electron chi connectivity index (χ1n) is 8.90. The van der Waals surface area contributed by atoms with E-state index in [9.17, 15) is 9.59 Å². The number of carbonyl (C=O) groups excluding carboxylic acids is 2. The summed E-state index contributed by atoms with van der Waals surface area (Å²) in [6.45, 7) is 5.02. The molecule has 1 aliphatic heterocycles. The van der Waals surface area contributed by atoms with Crippen LogP contribution in [0.5, 0.6) is 11.5 Å². The summed E-state index contributed by atoms with van der Waals surface area (Å²) >= 11 is 1.27. The van der Waals surface area contributed by atoms with Gasteiger partial charge >= 0.3 is 0 Å². The Morgan fingerprint density at radius 1 is 1.25 bits per heavy atom. The van der Waals surface area contributed by atoms with Crippen LogP contribution in [0.25, 0.3) is 0 Å². The third-order valence-electron chi connectivity index (χ3n) is 4.16. The number of rotatable bonds is 7. The average molecular weight is 405 g/mol. The van der Waals surface area contributed by atoms with Crippen LogP contribution in [0.3, 0.4) is 0 Å². The molecule has 0 spiro atoms. The quantitative estimate of drug-likeness (QED) is 0.756. The third kappa shape index (κ3) is 5.19. The van der Waals surface area contributed by atoms with E-state index in [0.717, 1.165) is 11.3 Å². The van der Waals surface area contributed by atoms with Crippen LogP contribution in [-0.2, 0) is 16.1 Å². The molecule has 1 atom stereocenters. The van der Waals surface area contributed by atoms with Crippen molar-refractivity contribution in [1.82, 2.24) is 10.1 Å². The molecule has 3 rings (SSSR count). The van der Waals surface area contributed by atoms with Crippen molar-refractivity contribution in [2.45, 2.75) is 25.6 Å². The summed E-state index contributed by atoms with van der Waals surface area (Å²) in [5.74, 6) is 2.34. The number of amides is 2. The molecule has 2 amide bonds. The molecule has 9 heteroatoms. The lowest BCUT2D eigenvalue weighted by molar-refractivity contribution is -0.127. The highest BCUT2D eigenvalue weighted by Crippen LogP contribution is 2.31. The van der Waals surface area contributed by atoms with Gasteiger partial charge in [-0.2, -0.15) is 0 Å². The van der Waals surface area contributed by atoms with Crippen LogP contribution >= 0.6 is 11.8 Å². The minimum atomic E-state index is -0.399. The summed E-state index contributed by atoms with van der Waals surface area (Å²) in [4.78, 5) is 26.2. The van der Waals surface area contributed by atoms with Crippen LogP contribution in [0.4, 0.5) is 5.82 Å². The Hall–Kier alpha value is -2.68. The van der Waals surface area contributed by atoms with E-state index < -0.39 is 5.25 Å². The smallest absolute Gasteiger partial charge is 0.238 e. The zero-order valence-corrected chi connectivity index (χ0v) is 16.9. The lowest BCUT2D eigenvalue weighted by Gasteiger charge is -2.21. The van der Waals surface area contributed by atoms with Crippen LogP contribution < -0.4 is 14.8 Å². The molecule has 1 aliphatic rings. The second-order valence-electron chi connectivity index (χ2n) is 6.49. The molecule has 1 aromatic carbocycles.